The van der Waals surface area contributed by atoms with Gasteiger partial charge in [-0.15, -0.1) is 0 Å². The number of fused-ring (bicyclic) bond motifs is 2. The molecular formula is C14H18ClN5O8P2. The molecule has 4 rings (SSSR count). The molecule has 4 atom stereocenters. The Morgan fingerprint density at radius 1 is 1.30 bits per heavy atom. The Kier molecular flexibility index (Phi) is 5.33. The topological polar surface area (TPSA) is 189 Å². The molecule has 2 aliphatic carbocycles. The highest BCUT2D eigenvalue weighted by Crippen LogP contribution is 2.62. The number of imidazole rings is 1. The van der Waals surface area contributed by atoms with Crippen molar-refractivity contribution in [3.63, 3.8) is 0 Å². The predicted octanol–water partition coefficient (Wildman–Crippen LogP) is 1.23. The number of hydrogen-bond acceptors (Lipinski definition) is 8. The van der Waals surface area contributed by atoms with Gasteiger partial charge in [0.15, 0.2) is 17.0 Å². The van der Waals surface area contributed by atoms with Gasteiger partial charge in [0.1, 0.15) is 0 Å². The second-order valence-electron chi connectivity index (χ2n) is 7.06. The highest BCUT2D eigenvalue weighted by molar-refractivity contribution is 7.46. The van der Waals surface area contributed by atoms with E-state index in [1.807, 2.05) is 0 Å². The minimum absolute atomic E-state index is 0.0186. The van der Waals surface area contributed by atoms with Crippen LogP contribution in [0.5, 0.6) is 0 Å². The molecule has 0 radical (unpaired) electrons. The molecule has 2 aromatic rings. The van der Waals surface area contributed by atoms with Gasteiger partial charge in [-0.1, -0.05) is 12.2 Å². The van der Waals surface area contributed by atoms with Crippen molar-refractivity contribution < 1.29 is 37.8 Å². The molecule has 0 unspecified atom stereocenters. The molecule has 0 saturated heterocycles. The zero-order valence-corrected chi connectivity index (χ0v) is 17.9. The predicted molar refractivity (Wildman–Crippen MR) is 104 cm³/mol. The molecular weight excluding hydrogens is 464 g/mol. The van der Waals surface area contributed by atoms with E-state index in [2.05, 4.69) is 20.3 Å². The van der Waals surface area contributed by atoms with E-state index in [1.54, 1.807) is 23.8 Å². The third kappa shape index (κ3) is 3.81. The molecule has 2 aromatic heterocycles. The lowest BCUT2D eigenvalue weighted by Crippen LogP contribution is -2.44. The first-order valence-corrected chi connectivity index (χ1v) is 12.1. The Balaban J connectivity index is 1.75. The molecule has 0 spiro atoms. The quantitative estimate of drug-likeness (QED) is 0.216. The summed E-state index contributed by atoms with van der Waals surface area (Å²) in [7, 11) is -8.06. The van der Waals surface area contributed by atoms with Crippen LogP contribution >= 0.6 is 27.2 Å². The van der Waals surface area contributed by atoms with Crippen LogP contribution in [0.4, 0.5) is 5.82 Å². The van der Waals surface area contributed by atoms with Gasteiger partial charge < -0.3 is 29.5 Å². The molecule has 0 bridgehead atoms. The van der Waals surface area contributed by atoms with Crippen LogP contribution in [-0.4, -0.2) is 58.9 Å². The van der Waals surface area contributed by atoms with Crippen LogP contribution in [0.2, 0.25) is 5.28 Å². The van der Waals surface area contributed by atoms with E-state index in [0.29, 0.717) is 17.0 Å². The summed E-state index contributed by atoms with van der Waals surface area (Å²) in [5, 5.41) is 2.85. The number of anilines is 1. The third-order valence-corrected chi connectivity index (χ3v) is 6.60. The Morgan fingerprint density at radius 2 is 2.03 bits per heavy atom. The summed E-state index contributed by atoms with van der Waals surface area (Å²) >= 11 is 6.01. The Bertz CT molecular complexity index is 1120. The summed E-state index contributed by atoms with van der Waals surface area (Å²) in [5.74, 6) is -0.00483. The zero-order valence-electron chi connectivity index (χ0n) is 15.4. The van der Waals surface area contributed by atoms with Crippen molar-refractivity contribution in [2.24, 2.45) is 11.3 Å². The Morgan fingerprint density at radius 3 is 2.60 bits per heavy atom. The number of allylic oxidation sites excluding steroid dienone is 1. The molecule has 164 valence electrons. The van der Waals surface area contributed by atoms with Crippen molar-refractivity contribution in [3.05, 3.63) is 23.8 Å². The first-order valence-electron chi connectivity index (χ1n) is 8.65. The summed E-state index contributed by atoms with van der Waals surface area (Å²) in [6.07, 6.45) is 3.90. The van der Waals surface area contributed by atoms with Crippen LogP contribution in [-0.2, 0) is 18.2 Å². The molecule has 0 aromatic carbocycles. The number of hydrogen-bond donors (Lipinski definition) is 5. The SMILES string of the molecule is CNc1nc(Cl)nc2c1ncn2[C@H]1C[C@H](OP(=O)(O)O)[C@]2(COP(=O)(O)O)C=C[C@H]12. The maximum absolute atomic E-state index is 11.5. The molecule has 30 heavy (non-hydrogen) atoms. The van der Waals surface area contributed by atoms with Gasteiger partial charge in [-0.2, -0.15) is 9.97 Å². The summed E-state index contributed by atoms with van der Waals surface area (Å²) in [6.45, 7) is -0.482. The van der Waals surface area contributed by atoms with Crippen molar-refractivity contribution in [1.29, 1.82) is 0 Å². The molecule has 5 N–H and O–H groups in total. The van der Waals surface area contributed by atoms with E-state index >= 15 is 0 Å². The van der Waals surface area contributed by atoms with Crippen molar-refractivity contribution in [3.8, 4) is 0 Å². The molecule has 2 heterocycles. The normalized spacial score (nSPS) is 28.5. The second-order valence-corrected chi connectivity index (χ2v) is 9.83. The summed E-state index contributed by atoms with van der Waals surface area (Å²) < 4.78 is 34.1. The monoisotopic (exact) mass is 481 g/mol. The van der Waals surface area contributed by atoms with Gasteiger partial charge in [-0.05, 0) is 18.0 Å². The molecule has 1 fully saturated rings. The standard InChI is InChI=1S/C14H18ClN5O8P2/c1-16-11-10-12(19-13(15)18-11)20(6-17-10)8-4-9(28-30(24,25)26)14(3-2-7(8)14)5-27-29(21,22)23/h2-3,6-9H,4-5H2,1H3,(H,16,18,19)(H2,21,22,23)(H2,24,25,26)/t7-,8+,9+,14+/m1/s1. The number of nitrogens with one attached hydrogen (secondary N) is 1. The van der Waals surface area contributed by atoms with Crippen molar-refractivity contribution in [1.82, 2.24) is 19.5 Å². The van der Waals surface area contributed by atoms with Crippen molar-refractivity contribution in [2.75, 3.05) is 19.0 Å². The number of phosphoric acid groups is 2. The van der Waals surface area contributed by atoms with E-state index < -0.39 is 45.7 Å². The van der Waals surface area contributed by atoms with Crippen LogP contribution in [0, 0.1) is 11.3 Å². The van der Waals surface area contributed by atoms with Crippen molar-refractivity contribution >= 4 is 44.2 Å². The molecule has 0 amide bonds. The van der Waals surface area contributed by atoms with Gasteiger partial charge in [0.05, 0.1) is 19.0 Å². The fraction of sp³-hybridized carbons (Fsp3) is 0.500. The fourth-order valence-corrected chi connectivity index (χ4v) is 5.35. The maximum atomic E-state index is 11.5. The molecule has 13 nitrogen and oxygen atoms in total. The van der Waals surface area contributed by atoms with E-state index in [9.17, 15) is 18.9 Å². The molecule has 16 heteroatoms. The summed E-state index contributed by atoms with van der Waals surface area (Å²) in [5.41, 5.74) is -0.306. The van der Waals surface area contributed by atoms with Gasteiger partial charge in [-0.25, -0.2) is 14.1 Å². The number of rotatable bonds is 7. The fourth-order valence-electron chi connectivity index (χ4n) is 4.18. The number of aromatic nitrogens is 4. The van der Waals surface area contributed by atoms with Crippen LogP contribution in [0.1, 0.15) is 12.5 Å². The van der Waals surface area contributed by atoms with Crippen LogP contribution in [0.3, 0.4) is 0 Å². The minimum atomic E-state index is -4.89. The van der Waals surface area contributed by atoms with Gasteiger partial charge in [0.25, 0.3) is 0 Å². The van der Waals surface area contributed by atoms with Crippen molar-refractivity contribution in [2.45, 2.75) is 18.6 Å². The van der Waals surface area contributed by atoms with Gasteiger partial charge in [-0.3, -0.25) is 9.05 Å². The second kappa shape index (κ2) is 7.33. The van der Waals surface area contributed by atoms with Gasteiger partial charge in [0.2, 0.25) is 5.28 Å². The largest absolute Gasteiger partial charge is 0.469 e. The van der Waals surface area contributed by atoms with Crippen LogP contribution in [0.15, 0.2) is 18.5 Å². The van der Waals surface area contributed by atoms with Gasteiger partial charge >= 0.3 is 15.6 Å². The lowest BCUT2D eigenvalue weighted by atomic mass is 9.68. The average Bonchev–Trinajstić information content (AvgIpc) is 3.08. The minimum Gasteiger partial charge on any atom is -0.371 e. The summed E-state index contributed by atoms with van der Waals surface area (Å²) in [6, 6.07) is -0.437. The smallest absolute Gasteiger partial charge is 0.371 e. The maximum Gasteiger partial charge on any atom is 0.469 e. The highest BCUT2D eigenvalue weighted by atomic mass is 35.5. The lowest BCUT2D eigenvalue weighted by Gasteiger charge is -2.42. The van der Waals surface area contributed by atoms with E-state index in [4.69, 9.17) is 30.4 Å². The Labute approximate surface area is 174 Å². The number of nitrogens with zero attached hydrogens (tertiary/aromatic N) is 4. The van der Waals surface area contributed by atoms with E-state index in [0.717, 1.165) is 0 Å². The third-order valence-electron chi connectivity index (χ3n) is 5.44. The Hall–Kier alpha value is -1.40. The van der Waals surface area contributed by atoms with Crippen LogP contribution in [0.25, 0.3) is 11.2 Å². The average molecular weight is 482 g/mol. The highest BCUT2D eigenvalue weighted by Gasteiger charge is 2.60. The van der Waals surface area contributed by atoms with E-state index in [1.165, 1.54) is 6.33 Å². The molecule has 0 aliphatic heterocycles. The first-order chi connectivity index (χ1) is 13.9. The van der Waals surface area contributed by atoms with Gasteiger partial charge in [0, 0.05) is 24.4 Å². The first kappa shape index (κ1) is 21.8. The van der Waals surface area contributed by atoms with E-state index in [-0.39, 0.29) is 11.7 Å². The molecule has 2 aliphatic rings. The zero-order chi connectivity index (χ0) is 21.9. The summed E-state index contributed by atoms with van der Waals surface area (Å²) in [4.78, 5) is 49.5. The van der Waals surface area contributed by atoms with Crippen LogP contribution < -0.4 is 5.32 Å². The number of halogens is 1. The molecule has 1 saturated carbocycles. The lowest BCUT2D eigenvalue weighted by molar-refractivity contribution is 0.00974. The number of phosphoric ester groups is 2.